The maximum absolute atomic E-state index is 13.6. The second kappa shape index (κ2) is 12.5. The molecule has 32 heavy (non-hydrogen) atoms. The molecule has 0 bridgehead atoms. The number of methoxy groups -OCH3 is 1. The number of hydrogen-bond acceptors (Lipinski definition) is 6. The summed E-state index contributed by atoms with van der Waals surface area (Å²) < 4.78 is 24.0. The highest BCUT2D eigenvalue weighted by Crippen LogP contribution is 2.27. The highest BCUT2D eigenvalue weighted by atomic mass is 19.1. The van der Waals surface area contributed by atoms with Gasteiger partial charge in [0.1, 0.15) is 5.76 Å². The SMILES string of the molecule is CCCCC[C@H](CC(=O)NO)C(=O)NCNC(=O)c1ccc(-c2ccc(F)c(OC)c2)o1. The summed E-state index contributed by atoms with van der Waals surface area (Å²) in [5.74, 6) is -2.32. The Bertz CT molecular complexity index is 930. The lowest BCUT2D eigenvalue weighted by molar-refractivity contribution is -0.135. The van der Waals surface area contributed by atoms with E-state index in [0.29, 0.717) is 17.7 Å². The van der Waals surface area contributed by atoms with Gasteiger partial charge < -0.3 is 19.8 Å². The van der Waals surface area contributed by atoms with Crippen molar-refractivity contribution in [2.75, 3.05) is 13.8 Å². The number of nitrogens with one attached hydrogen (secondary N) is 3. The van der Waals surface area contributed by atoms with Crippen molar-refractivity contribution in [3.63, 3.8) is 0 Å². The molecule has 0 unspecified atom stereocenters. The van der Waals surface area contributed by atoms with Crippen LogP contribution in [0.2, 0.25) is 0 Å². The zero-order valence-corrected chi connectivity index (χ0v) is 18.1. The van der Waals surface area contributed by atoms with E-state index in [1.54, 1.807) is 6.07 Å². The van der Waals surface area contributed by atoms with Crippen molar-refractivity contribution in [2.45, 2.75) is 39.0 Å². The Balaban J connectivity index is 1.91. The largest absolute Gasteiger partial charge is 0.494 e. The molecule has 9 nitrogen and oxygen atoms in total. The van der Waals surface area contributed by atoms with E-state index in [2.05, 4.69) is 10.6 Å². The molecule has 2 rings (SSSR count). The monoisotopic (exact) mass is 449 g/mol. The number of ether oxygens (including phenoxy) is 1. The van der Waals surface area contributed by atoms with Crippen LogP contribution in [-0.2, 0) is 9.59 Å². The molecule has 0 spiro atoms. The van der Waals surface area contributed by atoms with Crippen molar-refractivity contribution in [3.05, 3.63) is 41.9 Å². The van der Waals surface area contributed by atoms with Crippen LogP contribution in [0.25, 0.3) is 11.3 Å². The number of benzene rings is 1. The second-order valence-electron chi connectivity index (χ2n) is 7.17. The number of amides is 3. The smallest absolute Gasteiger partial charge is 0.288 e. The highest BCUT2D eigenvalue weighted by molar-refractivity contribution is 5.92. The van der Waals surface area contributed by atoms with Gasteiger partial charge in [-0.3, -0.25) is 19.6 Å². The molecule has 1 aromatic carbocycles. The number of hydroxylamine groups is 1. The minimum Gasteiger partial charge on any atom is -0.494 e. The Labute approximate surface area is 185 Å². The van der Waals surface area contributed by atoms with Crippen molar-refractivity contribution in [1.29, 1.82) is 0 Å². The average molecular weight is 449 g/mol. The van der Waals surface area contributed by atoms with E-state index in [9.17, 15) is 18.8 Å². The number of carbonyl (C=O) groups is 3. The summed E-state index contributed by atoms with van der Waals surface area (Å²) in [5, 5.41) is 13.8. The molecule has 0 radical (unpaired) electrons. The summed E-state index contributed by atoms with van der Waals surface area (Å²) >= 11 is 0. The zero-order valence-electron chi connectivity index (χ0n) is 18.1. The lowest BCUT2D eigenvalue weighted by Crippen LogP contribution is -2.41. The summed E-state index contributed by atoms with van der Waals surface area (Å²) in [6, 6.07) is 7.22. The van der Waals surface area contributed by atoms with E-state index in [4.69, 9.17) is 14.4 Å². The second-order valence-corrected chi connectivity index (χ2v) is 7.17. The summed E-state index contributed by atoms with van der Waals surface area (Å²) in [7, 11) is 1.35. The van der Waals surface area contributed by atoms with Crippen LogP contribution < -0.4 is 20.9 Å². The van der Waals surface area contributed by atoms with Crippen LogP contribution in [0.3, 0.4) is 0 Å². The first-order valence-electron chi connectivity index (χ1n) is 10.3. The maximum atomic E-state index is 13.6. The zero-order chi connectivity index (χ0) is 23.5. The van der Waals surface area contributed by atoms with Gasteiger partial charge in [0.2, 0.25) is 11.8 Å². The van der Waals surface area contributed by atoms with Gasteiger partial charge in [-0.25, -0.2) is 9.87 Å². The predicted octanol–water partition coefficient (Wildman–Crippen LogP) is 2.99. The van der Waals surface area contributed by atoms with Crippen LogP contribution >= 0.6 is 0 Å². The van der Waals surface area contributed by atoms with Crippen LogP contribution in [0, 0.1) is 11.7 Å². The fraction of sp³-hybridized carbons (Fsp3) is 0.409. The molecule has 0 aliphatic carbocycles. The number of halogens is 1. The molecule has 1 heterocycles. The Hall–Kier alpha value is -3.40. The molecule has 3 amide bonds. The standard InChI is InChI=1S/C22H28FN3O6/c1-3-4-5-6-15(12-20(27)26-30)21(28)24-13-25-22(29)18-10-9-17(32-18)14-7-8-16(23)19(11-14)31-2/h7-11,15,30H,3-6,12-13H2,1-2H3,(H,24,28)(H,25,29)(H,26,27)/t15-/m1/s1. The first-order valence-corrected chi connectivity index (χ1v) is 10.3. The van der Waals surface area contributed by atoms with Crippen LogP contribution in [0.5, 0.6) is 5.75 Å². The maximum Gasteiger partial charge on any atom is 0.288 e. The van der Waals surface area contributed by atoms with Gasteiger partial charge in [-0.2, -0.15) is 0 Å². The third kappa shape index (κ3) is 7.09. The lowest BCUT2D eigenvalue weighted by atomic mass is 9.96. The fourth-order valence-corrected chi connectivity index (χ4v) is 3.11. The van der Waals surface area contributed by atoms with Crippen LogP contribution in [0.4, 0.5) is 4.39 Å². The van der Waals surface area contributed by atoms with E-state index >= 15 is 0 Å². The van der Waals surface area contributed by atoms with Crippen LogP contribution in [-0.4, -0.2) is 36.7 Å². The van der Waals surface area contributed by atoms with Crippen molar-refractivity contribution in [1.82, 2.24) is 16.1 Å². The van der Waals surface area contributed by atoms with Gasteiger partial charge in [-0.05, 0) is 36.8 Å². The van der Waals surface area contributed by atoms with Gasteiger partial charge in [-0.15, -0.1) is 0 Å². The van der Waals surface area contributed by atoms with E-state index in [-0.39, 0.29) is 24.6 Å². The third-order valence-corrected chi connectivity index (χ3v) is 4.86. The Morgan fingerprint density at radius 3 is 2.62 bits per heavy atom. The molecule has 10 heteroatoms. The normalized spacial score (nSPS) is 11.5. The van der Waals surface area contributed by atoms with E-state index in [0.717, 1.165) is 19.3 Å². The lowest BCUT2D eigenvalue weighted by Gasteiger charge is -2.16. The number of carbonyl (C=O) groups excluding carboxylic acids is 3. The Morgan fingerprint density at radius 1 is 1.16 bits per heavy atom. The Morgan fingerprint density at radius 2 is 1.94 bits per heavy atom. The van der Waals surface area contributed by atoms with Gasteiger partial charge >= 0.3 is 0 Å². The molecule has 0 aliphatic heterocycles. The van der Waals surface area contributed by atoms with Gasteiger partial charge in [0.25, 0.3) is 5.91 Å². The van der Waals surface area contributed by atoms with Gasteiger partial charge in [0, 0.05) is 17.9 Å². The molecule has 0 aliphatic rings. The Kier molecular flexibility index (Phi) is 9.68. The van der Waals surface area contributed by atoms with Crippen molar-refractivity contribution in [2.24, 2.45) is 5.92 Å². The molecule has 2 aromatic rings. The van der Waals surface area contributed by atoms with Gasteiger partial charge in [-0.1, -0.05) is 26.2 Å². The molecular weight excluding hydrogens is 421 g/mol. The van der Waals surface area contributed by atoms with Crippen molar-refractivity contribution in [3.8, 4) is 17.1 Å². The first kappa shape index (κ1) is 24.9. The number of rotatable bonds is 12. The number of hydrogen-bond donors (Lipinski definition) is 4. The summed E-state index contributed by atoms with van der Waals surface area (Å²) in [6.45, 7) is 1.86. The minimum absolute atomic E-state index is 0.0108. The summed E-state index contributed by atoms with van der Waals surface area (Å²) in [4.78, 5) is 36.2. The summed E-state index contributed by atoms with van der Waals surface area (Å²) in [5.41, 5.74) is 2.07. The van der Waals surface area contributed by atoms with Crippen molar-refractivity contribution < 1.29 is 33.1 Å². The molecule has 0 saturated heterocycles. The van der Waals surface area contributed by atoms with Crippen LogP contribution in [0.1, 0.15) is 49.6 Å². The fourth-order valence-electron chi connectivity index (χ4n) is 3.11. The van der Waals surface area contributed by atoms with Crippen LogP contribution in [0.15, 0.2) is 34.7 Å². The quantitative estimate of drug-likeness (QED) is 0.171. The number of unbranched alkanes of at least 4 members (excludes halogenated alkanes) is 2. The molecule has 0 fully saturated rings. The average Bonchev–Trinajstić information content (AvgIpc) is 3.29. The van der Waals surface area contributed by atoms with E-state index < -0.39 is 29.5 Å². The van der Waals surface area contributed by atoms with E-state index in [1.807, 2.05) is 6.92 Å². The minimum atomic E-state index is -0.647. The molecule has 1 atom stereocenters. The molecule has 0 saturated carbocycles. The van der Waals surface area contributed by atoms with Crippen molar-refractivity contribution >= 4 is 17.7 Å². The van der Waals surface area contributed by atoms with E-state index in [1.165, 1.54) is 36.9 Å². The topological polar surface area (TPSA) is 130 Å². The number of furan rings is 1. The molecular formula is C22H28FN3O6. The molecule has 174 valence electrons. The summed E-state index contributed by atoms with van der Waals surface area (Å²) in [6.07, 6.45) is 2.99. The molecule has 1 aromatic heterocycles. The third-order valence-electron chi connectivity index (χ3n) is 4.86. The van der Waals surface area contributed by atoms with Gasteiger partial charge in [0.05, 0.1) is 13.8 Å². The highest BCUT2D eigenvalue weighted by Gasteiger charge is 2.21. The predicted molar refractivity (Wildman–Crippen MR) is 113 cm³/mol. The first-order chi connectivity index (χ1) is 15.4. The van der Waals surface area contributed by atoms with Gasteiger partial charge in [0.15, 0.2) is 17.3 Å². The molecule has 4 N–H and O–H groups in total.